The van der Waals surface area contributed by atoms with Crippen molar-refractivity contribution in [3.05, 3.63) is 23.8 Å². The van der Waals surface area contributed by atoms with E-state index in [1.165, 1.54) is 32.1 Å². The lowest BCUT2D eigenvalue weighted by Crippen LogP contribution is -2.22. The lowest BCUT2D eigenvalue weighted by Gasteiger charge is -2.24. The molecule has 1 aromatic rings. The van der Waals surface area contributed by atoms with Gasteiger partial charge in [-0.15, -0.1) is 0 Å². The fraction of sp³-hybridized carbons (Fsp3) is 0.538. The number of benzene rings is 1. The van der Waals surface area contributed by atoms with E-state index in [1.54, 1.807) is 0 Å². The number of hydrogen-bond acceptors (Lipinski definition) is 3. The number of nitrogens with two attached hydrogens (primary N) is 1. The molecule has 88 valence electrons. The summed E-state index contributed by atoms with van der Waals surface area (Å²) in [5.74, 6) is 0. The highest BCUT2D eigenvalue weighted by molar-refractivity contribution is 5.67. The maximum absolute atomic E-state index is 9.09. The van der Waals surface area contributed by atoms with Gasteiger partial charge in [0.2, 0.25) is 0 Å². The summed E-state index contributed by atoms with van der Waals surface area (Å²) in [6.45, 7) is 0.0691. The number of nitrogen functional groups attached to an aromatic ring is 1. The first-order chi connectivity index (χ1) is 7.79. The summed E-state index contributed by atoms with van der Waals surface area (Å²) in [5.41, 5.74) is 8.56. The predicted molar refractivity (Wildman–Crippen MR) is 67.3 cm³/mol. The van der Waals surface area contributed by atoms with Crippen LogP contribution < -0.4 is 11.1 Å². The molecule has 0 heterocycles. The second-order valence-corrected chi connectivity index (χ2v) is 4.56. The van der Waals surface area contributed by atoms with Gasteiger partial charge in [-0.3, -0.25) is 0 Å². The highest BCUT2D eigenvalue weighted by atomic mass is 16.3. The normalized spacial score (nSPS) is 17.3. The van der Waals surface area contributed by atoms with Gasteiger partial charge in [0.05, 0.1) is 18.0 Å². The van der Waals surface area contributed by atoms with Gasteiger partial charge in [-0.25, -0.2) is 0 Å². The molecule has 1 aliphatic rings. The zero-order chi connectivity index (χ0) is 11.4. The average molecular weight is 220 g/mol. The van der Waals surface area contributed by atoms with Crippen molar-refractivity contribution in [1.29, 1.82) is 0 Å². The molecule has 0 atom stereocenters. The lowest BCUT2D eigenvalue weighted by atomic mass is 9.95. The first-order valence-electron chi connectivity index (χ1n) is 6.05. The third kappa shape index (κ3) is 2.67. The minimum atomic E-state index is 0.0691. The Bertz CT molecular complexity index is 346. The second kappa shape index (κ2) is 5.21. The average Bonchev–Trinajstić information content (AvgIpc) is 2.33. The van der Waals surface area contributed by atoms with Crippen LogP contribution in [0.1, 0.15) is 37.7 Å². The molecular weight excluding hydrogens is 200 g/mol. The molecule has 1 fully saturated rings. The summed E-state index contributed by atoms with van der Waals surface area (Å²) >= 11 is 0. The molecular formula is C13H20N2O. The third-order valence-electron chi connectivity index (χ3n) is 3.27. The lowest BCUT2D eigenvalue weighted by molar-refractivity contribution is 0.282. The molecule has 2 rings (SSSR count). The third-order valence-corrected chi connectivity index (χ3v) is 3.27. The number of hydrogen-bond donors (Lipinski definition) is 3. The van der Waals surface area contributed by atoms with Crippen molar-refractivity contribution in [2.24, 2.45) is 0 Å². The van der Waals surface area contributed by atoms with E-state index in [9.17, 15) is 0 Å². The monoisotopic (exact) mass is 220 g/mol. The molecule has 0 unspecified atom stereocenters. The van der Waals surface area contributed by atoms with Gasteiger partial charge < -0.3 is 16.2 Å². The summed E-state index contributed by atoms with van der Waals surface area (Å²) in [5, 5.41) is 12.6. The van der Waals surface area contributed by atoms with Crippen LogP contribution in [-0.2, 0) is 6.61 Å². The number of anilines is 2. The van der Waals surface area contributed by atoms with E-state index in [0.29, 0.717) is 6.04 Å². The number of aliphatic hydroxyl groups is 1. The van der Waals surface area contributed by atoms with Gasteiger partial charge in [0.25, 0.3) is 0 Å². The van der Waals surface area contributed by atoms with Crippen LogP contribution in [0.5, 0.6) is 0 Å². The van der Waals surface area contributed by atoms with Gasteiger partial charge in [-0.2, -0.15) is 0 Å². The Morgan fingerprint density at radius 3 is 2.69 bits per heavy atom. The smallest absolute Gasteiger partial charge is 0.0682 e. The molecule has 0 bridgehead atoms. The Kier molecular flexibility index (Phi) is 3.67. The van der Waals surface area contributed by atoms with E-state index in [4.69, 9.17) is 10.8 Å². The standard InChI is InChI=1S/C13H20N2O/c14-12-7-6-10(9-16)8-13(12)15-11-4-2-1-3-5-11/h6-8,11,15-16H,1-5,9,14H2. The molecule has 0 aromatic heterocycles. The minimum Gasteiger partial charge on any atom is -0.397 e. The minimum absolute atomic E-state index is 0.0691. The first kappa shape index (κ1) is 11.3. The van der Waals surface area contributed by atoms with E-state index >= 15 is 0 Å². The Balaban J connectivity index is 2.06. The van der Waals surface area contributed by atoms with Gasteiger partial charge >= 0.3 is 0 Å². The molecule has 1 aromatic carbocycles. The number of rotatable bonds is 3. The van der Waals surface area contributed by atoms with Gasteiger partial charge in [0, 0.05) is 6.04 Å². The van der Waals surface area contributed by atoms with E-state index in [2.05, 4.69) is 5.32 Å². The van der Waals surface area contributed by atoms with Crippen molar-refractivity contribution in [2.45, 2.75) is 44.8 Å². The zero-order valence-electron chi connectivity index (χ0n) is 9.58. The highest BCUT2D eigenvalue weighted by Gasteiger charge is 2.13. The fourth-order valence-electron chi connectivity index (χ4n) is 2.29. The maximum Gasteiger partial charge on any atom is 0.0682 e. The van der Waals surface area contributed by atoms with Crippen molar-refractivity contribution < 1.29 is 5.11 Å². The van der Waals surface area contributed by atoms with Crippen molar-refractivity contribution in [2.75, 3.05) is 11.1 Å². The van der Waals surface area contributed by atoms with E-state index in [0.717, 1.165) is 16.9 Å². The van der Waals surface area contributed by atoms with Gasteiger partial charge in [0.1, 0.15) is 0 Å². The van der Waals surface area contributed by atoms with Crippen LogP contribution in [0.15, 0.2) is 18.2 Å². The van der Waals surface area contributed by atoms with E-state index < -0.39 is 0 Å². The molecule has 0 spiro atoms. The van der Waals surface area contributed by atoms with Crippen LogP contribution in [0.4, 0.5) is 11.4 Å². The Labute approximate surface area is 96.7 Å². The molecule has 1 aliphatic carbocycles. The number of nitrogens with one attached hydrogen (secondary N) is 1. The molecule has 0 saturated heterocycles. The van der Waals surface area contributed by atoms with Gasteiger partial charge in [-0.1, -0.05) is 25.3 Å². The van der Waals surface area contributed by atoms with Crippen molar-refractivity contribution in [1.82, 2.24) is 0 Å². The summed E-state index contributed by atoms with van der Waals surface area (Å²) in [7, 11) is 0. The van der Waals surface area contributed by atoms with Crippen molar-refractivity contribution >= 4 is 11.4 Å². The van der Waals surface area contributed by atoms with Gasteiger partial charge in [0.15, 0.2) is 0 Å². The van der Waals surface area contributed by atoms with E-state index in [-0.39, 0.29) is 6.61 Å². The van der Waals surface area contributed by atoms with Crippen molar-refractivity contribution in [3.8, 4) is 0 Å². The fourth-order valence-corrected chi connectivity index (χ4v) is 2.29. The molecule has 0 aliphatic heterocycles. The molecule has 4 N–H and O–H groups in total. The van der Waals surface area contributed by atoms with Crippen LogP contribution in [0.25, 0.3) is 0 Å². The van der Waals surface area contributed by atoms with Gasteiger partial charge in [-0.05, 0) is 30.5 Å². The molecule has 3 heteroatoms. The number of aliphatic hydroxyl groups excluding tert-OH is 1. The van der Waals surface area contributed by atoms with Crippen LogP contribution in [0.3, 0.4) is 0 Å². The Morgan fingerprint density at radius 2 is 2.00 bits per heavy atom. The van der Waals surface area contributed by atoms with Crippen LogP contribution in [-0.4, -0.2) is 11.1 Å². The van der Waals surface area contributed by atoms with Crippen molar-refractivity contribution in [3.63, 3.8) is 0 Å². The summed E-state index contributed by atoms with van der Waals surface area (Å²) < 4.78 is 0. The zero-order valence-corrected chi connectivity index (χ0v) is 9.58. The predicted octanol–water partition coefficient (Wildman–Crippen LogP) is 2.51. The molecule has 0 radical (unpaired) electrons. The Morgan fingerprint density at radius 1 is 1.25 bits per heavy atom. The molecule has 1 saturated carbocycles. The largest absolute Gasteiger partial charge is 0.397 e. The summed E-state index contributed by atoms with van der Waals surface area (Å²) in [4.78, 5) is 0. The summed E-state index contributed by atoms with van der Waals surface area (Å²) in [6, 6.07) is 6.21. The maximum atomic E-state index is 9.09. The Hall–Kier alpha value is -1.22. The van der Waals surface area contributed by atoms with E-state index in [1.807, 2.05) is 18.2 Å². The van der Waals surface area contributed by atoms with Crippen LogP contribution in [0, 0.1) is 0 Å². The quantitative estimate of drug-likeness (QED) is 0.686. The highest BCUT2D eigenvalue weighted by Crippen LogP contribution is 2.26. The van der Waals surface area contributed by atoms with Crippen LogP contribution in [0.2, 0.25) is 0 Å². The molecule has 3 nitrogen and oxygen atoms in total. The van der Waals surface area contributed by atoms with Crippen LogP contribution >= 0.6 is 0 Å². The summed E-state index contributed by atoms with van der Waals surface area (Å²) in [6.07, 6.45) is 6.41. The molecule has 0 amide bonds. The topological polar surface area (TPSA) is 58.3 Å². The SMILES string of the molecule is Nc1ccc(CO)cc1NC1CCCCC1. The first-order valence-corrected chi connectivity index (χ1v) is 6.05. The second-order valence-electron chi connectivity index (χ2n) is 4.56. The molecule has 16 heavy (non-hydrogen) atoms.